The molecule has 0 saturated heterocycles. The van der Waals surface area contributed by atoms with Gasteiger partial charge in [0.25, 0.3) is 0 Å². The summed E-state index contributed by atoms with van der Waals surface area (Å²) in [6.45, 7) is 1.66. The van der Waals surface area contributed by atoms with E-state index in [2.05, 4.69) is 4.98 Å². The molecular weight excluding hydrogens is 355 g/mol. The summed E-state index contributed by atoms with van der Waals surface area (Å²) in [5.74, 6) is -0.302. The smallest absolute Gasteiger partial charge is 0.128 e. The predicted octanol–water partition coefficient (Wildman–Crippen LogP) is 2.73. The Labute approximate surface area is 152 Å². The maximum atomic E-state index is 13.4. The molecule has 2 aromatic carbocycles. The summed E-state index contributed by atoms with van der Waals surface area (Å²) in [5, 5.41) is 20.4. The summed E-state index contributed by atoms with van der Waals surface area (Å²) in [6, 6.07) is 9.76. The van der Waals surface area contributed by atoms with Crippen molar-refractivity contribution >= 4 is 21.9 Å². The van der Waals surface area contributed by atoms with Gasteiger partial charge in [0, 0.05) is 29.2 Å². The average Bonchev–Trinajstić information content (AvgIpc) is 3.13. The van der Waals surface area contributed by atoms with Gasteiger partial charge < -0.3 is 15.2 Å². The Balaban J connectivity index is 1.79. The van der Waals surface area contributed by atoms with Gasteiger partial charge in [0.1, 0.15) is 16.8 Å². The lowest BCUT2D eigenvalue weighted by Crippen LogP contribution is -2.33. The van der Waals surface area contributed by atoms with Crippen LogP contribution in [0.25, 0.3) is 22.0 Å². The van der Waals surface area contributed by atoms with E-state index >= 15 is 0 Å². The molecule has 0 spiro atoms. The Kier molecular flexibility index (Phi) is 4.40. The number of nitrogens with zero attached hydrogens (tertiary/aromatic N) is 1. The first-order valence-corrected chi connectivity index (χ1v) is 9.48. The molecule has 3 aromatic rings. The van der Waals surface area contributed by atoms with Gasteiger partial charge in [-0.15, -0.1) is 0 Å². The van der Waals surface area contributed by atoms with Crippen LogP contribution in [0.1, 0.15) is 18.5 Å². The van der Waals surface area contributed by atoms with E-state index in [0.717, 1.165) is 22.1 Å². The molecule has 3 unspecified atom stereocenters. The van der Waals surface area contributed by atoms with E-state index in [-0.39, 0.29) is 19.0 Å². The molecule has 0 saturated carbocycles. The van der Waals surface area contributed by atoms with Crippen LogP contribution in [0.4, 0.5) is 4.39 Å². The SMILES string of the molecule is CC(O)CN1C(CO)c2cc(-c3c[nH]c4cc(F)ccc34)ccc2S1=O. The van der Waals surface area contributed by atoms with Crippen molar-refractivity contribution in [3.8, 4) is 11.1 Å². The second kappa shape index (κ2) is 6.59. The van der Waals surface area contributed by atoms with Crippen molar-refractivity contribution in [2.24, 2.45) is 0 Å². The van der Waals surface area contributed by atoms with Gasteiger partial charge in [-0.2, -0.15) is 0 Å². The molecular formula is C19H19FN2O3S. The third kappa shape index (κ3) is 2.77. The van der Waals surface area contributed by atoms with Crippen molar-refractivity contribution < 1.29 is 18.8 Å². The fourth-order valence-electron chi connectivity index (χ4n) is 3.51. The van der Waals surface area contributed by atoms with Gasteiger partial charge in [0.2, 0.25) is 0 Å². The minimum Gasteiger partial charge on any atom is -0.394 e. The van der Waals surface area contributed by atoms with Crippen LogP contribution >= 0.6 is 0 Å². The van der Waals surface area contributed by atoms with Crippen molar-refractivity contribution in [3.63, 3.8) is 0 Å². The quantitative estimate of drug-likeness (QED) is 0.657. The van der Waals surface area contributed by atoms with Crippen LogP contribution in [0.15, 0.2) is 47.5 Å². The molecule has 1 aliphatic rings. The van der Waals surface area contributed by atoms with E-state index in [1.807, 2.05) is 18.3 Å². The third-order valence-corrected chi connectivity index (χ3v) is 6.27. The Hall–Kier alpha value is -2.06. The van der Waals surface area contributed by atoms with Crippen molar-refractivity contribution in [1.29, 1.82) is 0 Å². The number of hydrogen-bond donors (Lipinski definition) is 3. The zero-order chi connectivity index (χ0) is 18.4. The summed E-state index contributed by atoms with van der Waals surface area (Å²) in [6.07, 6.45) is 1.17. The number of fused-ring (bicyclic) bond motifs is 2. The molecule has 0 bridgehead atoms. The lowest BCUT2D eigenvalue weighted by atomic mass is 9.99. The molecule has 0 amide bonds. The van der Waals surface area contributed by atoms with Gasteiger partial charge in [-0.05, 0) is 48.4 Å². The van der Waals surface area contributed by atoms with E-state index in [1.165, 1.54) is 12.1 Å². The lowest BCUT2D eigenvalue weighted by Gasteiger charge is -2.22. The first kappa shape index (κ1) is 17.4. The topological polar surface area (TPSA) is 76.6 Å². The number of benzene rings is 2. The fraction of sp³-hybridized carbons (Fsp3) is 0.263. The van der Waals surface area contributed by atoms with Crippen LogP contribution in [-0.2, 0) is 11.0 Å². The Bertz CT molecular complexity index is 1000. The van der Waals surface area contributed by atoms with E-state index in [0.29, 0.717) is 10.4 Å². The predicted molar refractivity (Wildman–Crippen MR) is 98.3 cm³/mol. The standard InChI is InChI=1S/C19H19FN2O3S/c1-11(24)9-22-18(10-23)15-6-12(2-5-19(15)26(22)25)16-8-21-17-7-13(20)3-4-14(16)17/h2-8,11,18,21,23-24H,9-10H2,1H3. The number of β-amino-alcohol motifs (C(OH)–C–C–N with tert-alkyl or cyclic N) is 1. The van der Waals surface area contributed by atoms with Crippen molar-refractivity contribution in [3.05, 3.63) is 54.0 Å². The number of aliphatic hydroxyl groups is 2. The van der Waals surface area contributed by atoms with Crippen molar-refractivity contribution in [1.82, 2.24) is 9.29 Å². The molecule has 7 heteroatoms. The minimum absolute atomic E-state index is 0.186. The number of aromatic amines is 1. The number of H-pyrrole nitrogens is 1. The summed E-state index contributed by atoms with van der Waals surface area (Å²) in [7, 11) is -1.42. The van der Waals surface area contributed by atoms with Gasteiger partial charge in [0.05, 0.1) is 23.6 Å². The largest absolute Gasteiger partial charge is 0.394 e. The molecule has 136 valence electrons. The van der Waals surface area contributed by atoms with E-state index < -0.39 is 23.1 Å². The number of halogens is 1. The molecule has 0 radical (unpaired) electrons. The number of nitrogens with one attached hydrogen (secondary N) is 1. The number of aromatic nitrogens is 1. The van der Waals surface area contributed by atoms with Gasteiger partial charge in [-0.1, -0.05) is 6.07 Å². The van der Waals surface area contributed by atoms with Gasteiger partial charge in [-0.25, -0.2) is 12.9 Å². The maximum absolute atomic E-state index is 13.4. The highest BCUT2D eigenvalue weighted by Crippen LogP contribution is 2.40. The Morgan fingerprint density at radius 1 is 1.31 bits per heavy atom. The molecule has 26 heavy (non-hydrogen) atoms. The molecule has 0 fully saturated rings. The molecule has 3 N–H and O–H groups in total. The van der Waals surface area contributed by atoms with Crippen LogP contribution in [0, 0.1) is 5.82 Å². The maximum Gasteiger partial charge on any atom is 0.128 e. The normalized spacial score (nSPS) is 21.2. The summed E-state index contributed by atoms with van der Waals surface area (Å²) < 4.78 is 27.7. The second-order valence-corrected chi connectivity index (χ2v) is 7.95. The van der Waals surface area contributed by atoms with E-state index in [9.17, 15) is 18.8 Å². The number of aliphatic hydroxyl groups excluding tert-OH is 2. The van der Waals surface area contributed by atoms with Crippen molar-refractivity contribution in [2.45, 2.75) is 24.0 Å². The molecule has 4 rings (SSSR count). The molecule has 5 nitrogen and oxygen atoms in total. The summed E-state index contributed by atoms with van der Waals surface area (Å²) >= 11 is 0. The van der Waals surface area contributed by atoms with E-state index in [1.54, 1.807) is 23.4 Å². The molecule has 3 atom stereocenters. The summed E-state index contributed by atoms with van der Waals surface area (Å²) in [5.41, 5.74) is 3.31. The molecule has 2 heterocycles. The Morgan fingerprint density at radius 3 is 2.85 bits per heavy atom. The van der Waals surface area contributed by atoms with Crippen molar-refractivity contribution in [2.75, 3.05) is 13.2 Å². The minimum atomic E-state index is -1.42. The van der Waals surface area contributed by atoms with Crippen LogP contribution < -0.4 is 0 Å². The third-order valence-electron chi connectivity index (χ3n) is 4.69. The first-order chi connectivity index (χ1) is 12.5. The monoisotopic (exact) mass is 374 g/mol. The highest BCUT2D eigenvalue weighted by Gasteiger charge is 2.37. The van der Waals surface area contributed by atoms with Crippen LogP contribution in [0.5, 0.6) is 0 Å². The first-order valence-electron chi connectivity index (χ1n) is 8.38. The van der Waals surface area contributed by atoms with Crippen LogP contribution in [0.3, 0.4) is 0 Å². The molecule has 0 aliphatic carbocycles. The highest BCUT2D eigenvalue weighted by molar-refractivity contribution is 7.83. The second-order valence-electron chi connectivity index (χ2n) is 6.54. The number of rotatable bonds is 4. The molecule has 1 aliphatic heterocycles. The highest BCUT2D eigenvalue weighted by atomic mass is 32.2. The Morgan fingerprint density at radius 2 is 2.12 bits per heavy atom. The summed E-state index contributed by atoms with van der Waals surface area (Å²) in [4.78, 5) is 3.72. The zero-order valence-electron chi connectivity index (χ0n) is 14.1. The van der Waals surface area contributed by atoms with Crippen LogP contribution in [0.2, 0.25) is 0 Å². The fourth-order valence-corrected chi connectivity index (χ4v) is 5.11. The van der Waals surface area contributed by atoms with Crippen LogP contribution in [-0.4, -0.2) is 43.0 Å². The lowest BCUT2D eigenvalue weighted by molar-refractivity contribution is 0.129. The van der Waals surface area contributed by atoms with Gasteiger partial charge in [-0.3, -0.25) is 0 Å². The average molecular weight is 374 g/mol. The molecule has 1 aromatic heterocycles. The van der Waals surface area contributed by atoms with Gasteiger partial charge in [0.15, 0.2) is 0 Å². The van der Waals surface area contributed by atoms with E-state index in [4.69, 9.17) is 0 Å². The number of hydrogen-bond acceptors (Lipinski definition) is 3. The zero-order valence-corrected chi connectivity index (χ0v) is 15.0. The van der Waals surface area contributed by atoms with Gasteiger partial charge >= 0.3 is 0 Å².